The lowest BCUT2D eigenvalue weighted by Gasteiger charge is -2.22. The first kappa shape index (κ1) is 14.8. The van der Waals surface area contributed by atoms with Crippen LogP contribution in [0.2, 0.25) is 0 Å². The van der Waals surface area contributed by atoms with Crippen molar-refractivity contribution < 1.29 is 4.79 Å². The number of hydrogen-bond acceptors (Lipinski definition) is 4. The van der Waals surface area contributed by atoms with Crippen molar-refractivity contribution in [1.82, 2.24) is 15.3 Å². The van der Waals surface area contributed by atoms with Crippen molar-refractivity contribution in [3.8, 4) is 0 Å². The fourth-order valence-corrected chi connectivity index (χ4v) is 2.51. The first-order valence-corrected chi connectivity index (χ1v) is 7.59. The van der Waals surface area contributed by atoms with Crippen molar-refractivity contribution in [2.24, 2.45) is 0 Å². The zero-order chi connectivity index (χ0) is 14.4. The number of aromatic nitrogens is 2. The van der Waals surface area contributed by atoms with Gasteiger partial charge in [-0.2, -0.15) is 0 Å². The highest BCUT2D eigenvalue weighted by atomic mass is 16.1. The number of carbonyl (C=O) groups is 1. The van der Waals surface area contributed by atoms with E-state index in [-0.39, 0.29) is 5.91 Å². The van der Waals surface area contributed by atoms with Gasteiger partial charge < -0.3 is 10.6 Å². The van der Waals surface area contributed by atoms with Gasteiger partial charge in [-0.05, 0) is 32.3 Å². The van der Waals surface area contributed by atoms with Gasteiger partial charge >= 0.3 is 0 Å². The minimum absolute atomic E-state index is 0.121. The van der Waals surface area contributed by atoms with Gasteiger partial charge in [0.2, 0.25) is 5.95 Å². The molecule has 2 rings (SSSR count). The molecule has 1 fully saturated rings. The third-order valence-corrected chi connectivity index (χ3v) is 3.56. The number of amides is 1. The van der Waals surface area contributed by atoms with Crippen molar-refractivity contribution in [2.75, 3.05) is 11.9 Å². The average Bonchev–Trinajstić information content (AvgIpc) is 2.45. The largest absolute Gasteiger partial charge is 0.351 e. The molecular weight excluding hydrogens is 252 g/mol. The monoisotopic (exact) mass is 276 g/mol. The Bertz CT molecular complexity index is 455. The Hall–Kier alpha value is -1.65. The maximum atomic E-state index is 12.0. The molecule has 0 atom stereocenters. The predicted octanol–water partition coefficient (Wildman–Crippen LogP) is 2.67. The third-order valence-electron chi connectivity index (χ3n) is 3.56. The maximum absolute atomic E-state index is 12.0. The number of nitrogens with one attached hydrogen (secondary N) is 2. The van der Waals surface area contributed by atoms with E-state index in [0.717, 1.165) is 25.0 Å². The zero-order valence-electron chi connectivity index (χ0n) is 12.4. The van der Waals surface area contributed by atoms with E-state index in [1.807, 2.05) is 13.8 Å². The first-order valence-electron chi connectivity index (χ1n) is 7.59. The van der Waals surface area contributed by atoms with E-state index in [2.05, 4.69) is 20.6 Å². The summed E-state index contributed by atoms with van der Waals surface area (Å²) in [7, 11) is 0. The normalized spacial score (nSPS) is 15.9. The number of nitrogens with zero attached hydrogens (tertiary/aromatic N) is 2. The van der Waals surface area contributed by atoms with Gasteiger partial charge in [-0.1, -0.05) is 26.2 Å². The van der Waals surface area contributed by atoms with E-state index < -0.39 is 0 Å². The van der Waals surface area contributed by atoms with Gasteiger partial charge in [-0.25, -0.2) is 9.97 Å². The molecule has 0 bridgehead atoms. The number of rotatable bonds is 5. The van der Waals surface area contributed by atoms with Crippen LogP contribution in [0.25, 0.3) is 0 Å². The van der Waals surface area contributed by atoms with Crippen LogP contribution in [0.4, 0.5) is 5.95 Å². The second kappa shape index (κ2) is 7.22. The maximum Gasteiger partial charge on any atom is 0.270 e. The van der Waals surface area contributed by atoms with Crippen LogP contribution in [0, 0.1) is 6.92 Å². The lowest BCUT2D eigenvalue weighted by Crippen LogP contribution is -2.27. The second-order valence-corrected chi connectivity index (χ2v) is 5.45. The molecule has 1 aliphatic carbocycles. The van der Waals surface area contributed by atoms with E-state index in [9.17, 15) is 4.79 Å². The molecular formula is C15H24N4O. The minimum atomic E-state index is -0.121. The van der Waals surface area contributed by atoms with E-state index in [4.69, 9.17) is 0 Å². The Morgan fingerprint density at radius 3 is 2.75 bits per heavy atom. The number of carbonyl (C=O) groups excluding carboxylic acids is 1. The molecule has 2 N–H and O–H groups in total. The molecule has 20 heavy (non-hydrogen) atoms. The van der Waals surface area contributed by atoms with Gasteiger partial charge in [0.25, 0.3) is 5.91 Å². The second-order valence-electron chi connectivity index (χ2n) is 5.45. The lowest BCUT2D eigenvalue weighted by molar-refractivity contribution is 0.0948. The first-order chi connectivity index (χ1) is 9.69. The molecule has 0 spiro atoms. The number of anilines is 1. The molecule has 0 aliphatic heterocycles. The summed E-state index contributed by atoms with van der Waals surface area (Å²) in [5, 5.41) is 6.22. The van der Waals surface area contributed by atoms with Crippen LogP contribution < -0.4 is 10.6 Å². The van der Waals surface area contributed by atoms with Crippen molar-refractivity contribution in [3.05, 3.63) is 17.5 Å². The summed E-state index contributed by atoms with van der Waals surface area (Å²) in [6, 6.07) is 2.17. The molecule has 1 heterocycles. The van der Waals surface area contributed by atoms with Gasteiger partial charge in [0.1, 0.15) is 5.69 Å². The molecule has 1 amide bonds. The Morgan fingerprint density at radius 2 is 2.05 bits per heavy atom. The smallest absolute Gasteiger partial charge is 0.270 e. The third kappa shape index (κ3) is 4.18. The molecule has 0 saturated heterocycles. The molecule has 5 nitrogen and oxygen atoms in total. The molecule has 1 aromatic heterocycles. The van der Waals surface area contributed by atoms with Crippen LogP contribution in [-0.4, -0.2) is 28.5 Å². The van der Waals surface area contributed by atoms with Gasteiger partial charge in [-0.3, -0.25) is 4.79 Å². The quantitative estimate of drug-likeness (QED) is 0.867. The van der Waals surface area contributed by atoms with E-state index >= 15 is 0 Å². The number of hydrogen-bond donors (Lipinski definition) is 2. The lowest BCUT2D eigenvalue weighted by atomic mass is 9.96. The molecule has 1 saturated carbocycles. The summed E-state index contributed by atoms with van der Waals surface area (Å²) in [6.07, 6.45) is 7.07. The topological polar surface area (TPSA) is 66.9 Å². The van der Waals surface area contributed by atoms with E-state index in [0.29, 0.717) is 24.2 Å². The molecule has 110 valence electrons. The van der Waals surface area contributed by atoms with Gasteiger partial charge in [0.05, 0.1) is 0 Å². The van der Waals surface area contributed by atoms with Gasteiger partial charge in [-0.15, -0.1) is 0 Å². The van der Waals surface area contributed by atoms with Gasteiger partial charge in [0.15, 0.2) is 0 Å². The van der Waals surface area contributed by atoms with Crippen molar-refractivity contribution in [2.45, 2.75) is 58.4 Å². The Morgan fingerprint density at radius 1 is 1.30 bits per heavy atom. The summed E-state index contributed by atoms with van der Waals surface area (Å²) >= 11 is 0. The molecule has 0 aromatic carbocycles. The summed E-state index contributed by atoms with van der Waals surface area (Å²) in [4.78, 5) is 20.7. The SMILES string of the molecule is CCCNC(=O)c1cc(C)nc(NC2CCCCC2)n1. The van der Waals surface area contributed by atoms with E-state index in [1.54, 1.807) is 6.07 Å². The van der Waals surface area contributed by atoms with Crippen molar-refractivity contribution >= 4 is 11.9 Å². The molecule has 5 heteroatoms. The van der Waals surface area contributed by atoms with Crippen LogP contribution in [-0.2, 0) is 0 Å². The fraction of sp³-hybridized carbons (Fsp3) is 0.667. The van der Waals surface area contributed by atoms with Crippen molar-refractivity contribution in [3.63, 3.8) is 0 Å². The molecule has 1 aromatic rings. The standard InChI is InChI=1S/C15H24N4O/c1-3-9-16-14(20)13-10-11(2)17-15(19-13)18-12-7-5-4-6-8-12/h10,12H,3-9H2,1-2H3,(H,16,20)(H,17,18,19). The van der Waals surface area contributed by atoms with Crippen LogP contribution in [0.5, 0.6) is 0 Å². The van der Waals surface area contributed by atoms with Crippen LogP contribution in [0.1, 0.15) is 61.6 Å². The van der Waals surface area contributed by atoms with Gasteiger partial charge in [0, 0.05) is 18.3 Å². The fourth-order valence-electron chi connectivity index (χ4n) is 2.51. The highest BCUT2D eigenvalue weighted by Crippen LogP contribution is 2.20. The van der Waals surface area contributed by atoms with Crippen LogP contribution in [0.3, 0.4) is 0 Å². The summed E-state index contributed by atoms with van der Waals surface area (Å²) in [5.41, 5.74) is 1.27. The zero-order valence-corrected chi connectivity index (χ0v) is 12.4. The summed E-state index contributed by atoms with van der Waals surface area (Å²) in [6.45, 7) is 4.60. The Balaban J connectivity index is 2.05. The predicted molar refractivity (Wildman–Crippen MR) is 79.9 cm³/mol. The highest BCUT2D eigenvalue weighted by molar-refractivity contribution is 5.92. The summed E-state index contributed by atoms with van der Waals surface area (Å²) in [5.74, 6) is 0.461. The van der Waals surface area contributed by atoms with Crippen LogP contribution in [0.15, 0.2) is 6.07 Å². The Kier molecular flexibility index (Phi) is 5.32. The molecule has 0 radical (unpaired) electrons. The Labute approximate surface area is 120 Å². The molecule has 1 aliphatic rings. The number of aryl methyl sites for hydroxylation is 1. The average molecular weight is 276 g/mol. The summed E-state index contributed by atoms with van der Waals surface area (Å²) < 4.78 is 0. The van der Waals surface area contributed by atoms with Crippen LogP contribution >= 0.6 is 0 Å². The van der Waals surface area contributed by atoms with Crippen molar-refractivity contribution in [1.29, 1.82) is 0 Å². The molecule has 0 unspecified atom stereocenters. The minimum Gasteiger partial charge on any atom is -0.351 e. The highest BCUT2D eigenvalue weighted by Gasteiger charge is 2.16. The van der Waals surface area contributed by atoms with E-state index in [1.165, 1.54) is 19.3 Å².